The molecule has 156 valence electrons. The number of halogens is 2. The normalized spacial score (nSPS) is 11.7. The second kappa shape index (κ2) is 9.76. The quantitative estimate of drug-likeness (QED) is 0.696. The third-order valence-electron chi connectivity index (χ3n) is 3.76. The molecule has 2 N–H and O–H groups in total. The SMILES string of the molecule is COc1nc(OCC(F)F)ccc1C(=O)NC(C)c1cc(C)nc(NC(C)=O)c1. The molecule has 0 saturated carbocycles. The van der Waals surface area contributed by atoms with Gasteiger partial charge in [0.1, 0.15) is 11.4 Å². The summed E-state index contributed by atoms with van der Waals surface area (Å²) >= 11 is 0. The molecular formula is C19H22F2N4O4. The van der Waals surface area contributed by atoms with Gasteiger partial charge in [0.05, 0.1) is 13.2 Å². The molecule has 0 fully saturated rings. The maximum Gasteiger partial charge on any atom is 0.272 e. The van der Waals surface area contributed by atoms with Crippen molar-refractivity contribution in [1.82, 2.24) is 15.3 Å². The van der Waals surface area contributed by atoms with Crippen LogP contribution in [0, 0.1) is 6.92 Å². The average molecular weight is 408 g/mol. The van der Waals surface area contributed by atoms with E-state index < -0.39 is 25.0 Å². The zero-order chi connectivity index (χ0) is 21.6. The zero-order valence-electron chi connectivity index (χ0n) is 16.5. The number of ether oxygens (including phenoxy) is 2. The molecule has 2 aromatic rings. The second-order valence-electron chi connectivity index (χ2n) is 6.21. The highest BCUT2D eigenvalue weighted by Gasteiger charge is 2.19. The molecule has 0 aliphatic carbocycles. The van der Waals surface area contributed by atoms with Crippen molar-refractivity contribution < 1.29 is 27.8 Å². The van der Waals surface area contributed by atoms with E-state index in [9.17, 15) is 18.4 Å². The number of hydrogen-bond acceptors (Lipinski definition) is 6. The number of pyridine rings is 2. The van der Waals surface area contributed by atoms with Gasteiger partial charge >= 0.3 is 0 Å². The number of amides is 2. The van der Waals surface area contributed by atoms with Crippen molar-refractivity contribution in [3.8, 4) is 11.8 Å². The number of alkyl halides is 2. The first kappa shape index (κ1) is 22.0. The van der Waals surface area contributed by atoms with Crippen molar-refractivity contribution in [2.75, 3.05) is 19.0 Å². The highest BCUT2D eigenvalue weighted by molar-refractivity contribution is 5.96. The lowest BCUT2D eigenvalue weighted by Gasteiger charge is -2.17. The van der Waals surface area contributed by atoms with Crippen LogP contribution in [0.2, 0.25) is 0 Å². The van der Waals surface area contributed by atoms with E-state index in [2.05, 4.69) is 20.6 Å². The van der Waals surface area contributed by atoms with Gasteiger partial charge in [-0.3, -0.25) is 9.59 Å². The Bertz CT molecular complexity index is 893. The molecule has 10 heteroatoms. The number of rotatable bonds is 8. The van der Waals surface area contributed by atoms with E-state index in [1.165, 1.54) is 26.2 Å². The van der Waals surface area contributed by atoms with E-state index in [1.54, 1.807) is 26.0 Å². The van der Waals surface area contributed by atoms with E-state index in [-0.39, 0.29) is 23.2 Å². The second-order valence-corrected chi connectivity index (χ2v) is 6.21. The van der Waals surface area contributed by atoms with Crippen molar-refractivity contribution in [3.05, 3.63) is 41.1 Å². The van der Waals surface area contributed by atoms with Gasteiger partial charge in [-0.2, -0.15) is 4.98 Å². The van der Waals surface area contributed by atoms with Crippen LogP contribution in [0.25, 0.3) is 0 Å². The lowest BCUT2D eigenvalue weighted by Crippen LogP contribution is -2.27. The number of carbonyl (C=O) groups is 2. The molecule has 0 aromatic carbocycles. The monoisotopic (exact) mass is 408 g/mol. The Kier molecular flexibility index (Phi) is 7.40. The van der Waals surface area contributed by atoms with Gasteiger partial charge in [-0.1, -0.05) is 0 Å². The summed E-state index contributed by atoms with van der Waals surface area (Å²) in [6, 6.07) is 5.73. The van der Waals surface area contributed by atoms with Gasteiger partial charge in [0.15, 0.2) is 6.61 Å². The lowest BCUT2D eigenvalue weighted by atomic mass is 10.1. The molecule has 0 aliphatic rings. The van der Waals surface area contributed by atoms with Gasteiger partial charge in [0, 0.05) is 18.7 Å². The minimum Gasteiger partial charge on any atom is -0.480 e. The van der Waals surface area contributed by atoms with Gasteiger partial charge in [-0.05, 0) is 37.6 Å². The van der Waals surface area contributed by atoms with Crippen LogP contribution in [-0.2, 0) is 4.79 Å². The van der Waals surface area contributed by atoms with Crippen LogP contribution in [-0.4, -0.2) is 41.9 Å². The van der Waals surface area contributed by atoms with Crippen LogP contribution in [0.5, 0.6) is 11.8 Å². The fourth-order valence-electron chi connectivity index (χ4n) is 2.53. The van der Waals surface area contributed by atoms with Gasteiger partial charge in [0.2, 0.25) is 17.7 Å². The van der Waals surface area contributed by atoms with E-state index in [1.807, 2.05) is 0 Å². The number of aromatic nitrogens is 2. The van der Waals surface area contributed by atoms with E-state index >= 15 is 0 Å². The Hall–Kier alpha value is -3.30. The number of aryl methyl sites for hydroxylation is 1. The fourth-order valence-corrected chi connectivity index (χ4v) is 2.53. The molecule has 1 unspecified atom stereocenters. The Morgan fingerprint density at radius 2 is 1.93 bits per heavy atom. The van der Waals surface area contributed by atoms with Crippen LogP contribution < -0.4 is 20.1 Å². The Morgan fingerprint density at radius 3 is 2.55 bits per heavy atom. The average Bonchev–Trinajstić information content (AvgIpc) is 2.64. The van der Waals surface area contributed by atoms with E-state index in [4.69, 9.17) is 9.47 Å². The minimum atomic E-state index is -2.64. The number of anilines is 1. The number of carbonyl (C=O) groups excluding carboxylic acids is 2. The van der Waals surface area contributed by atoms with E-state index in [0.29, 0.717) is 11.5 Å². The third kappa shape index (κ3) is 6.37. The van der Waals surface area contributed by atoms with Gasteiger partial charge < -0.3 is 20.1 Å². The molecule has 0 radical (unpaired) electrons. The topological polar surface area (TPSA) is 102 Å². The predicted octanol–water partition coefficient (Wildman–Crippen LogP) is 2.89. The summed E-state index contributed by atoms with van der Waals surface area (Å²) < 4.78 is 34.5. The van der Waals surface area contributed by atoms with E-state index in [0.717, 1.165) is 5.56 Å². The van der Waals surface area contributed by atoms with Crippen molar-refractivity contribution >= 4 is 17.6 Å². The summed E-state index contributed by atoms with van der Waals surface area (Å²) in [5, 5.41) is 5.41. The maximum atomic E-state index is 12.7. The van der Waals surface area contributed by atoms with Gasteiger partial charge in [-0.25, -0.2) is 13.8 Å². The predicted molar refractivity (Wildman–Crippen MR) is 101 cm³/mol. The van der Waals surface area contributed by atoms with Crippen LogP contribution >= 0.6 is 0 Å². The summed E-state index contributed by atoms with van der Waals surface area (Å²) in [6.07, 6.45) is -2.64. The van der Waals surface area contributed by atoms with Gasteiger partial charge in [-0.15, -0.1) is 0 Å². The zero-order valence-corrected chi connectivity index (χ0v) is 16.5. The molecule has 0 aliphatic heterocycles. The molecule has 29 heavy (non-hydrogen) atoms. The Balaban J connectivity index is 2.17. The molecule has 2 aromatic heterocycles. The molecule has 2 amide bonds. The largest absolute Gasteiger partial charge is 0.480 e. The molecule has 0 spiro atoms. The minimum absolute atomic E-state index is 0.0497. The smallest absolute Gasteiger partial charge is 0.272 e. The van der Waals surface area contributed by atoms with Crippen molar-refractivity contribution in [2.24, 2.45) is 0 Å². The van der Waals surface area contributed by atoms with Crippen LogP contribution in [0.1, 0.15) is 41.5 Å². The molecule has 0 bridgehead atoms. The Labute approximate surface area is 166 Å². The fraction of sp³-hybridized carbons (Fsp3) is 0.368. The van der Waals surface area contributed by atoms with Crippen LogP contribution in [0.15, 0.2) is 24.3 Å². The van der Waals surface area contributed by atoms with Crippen molar-refractivity contribution in [2.45, 2.75) is 33.2 Å². The molecule has 2 rings (SSSR count). The molecule has 1 atom stereocenters. The van der Waals surface area contributed by atoms with Crippen molar-refractivity contribution in [3.63, 3.8) is 0 Å². The third-order valence-corrected chi connectivity index (χ3v) is 3.76. The standard InChI is InChI=1S/C19H22F2N4O4/c1-10-7-13(8-16(22-10)24-12(3)26)11(2)23-18(27)14-5-6-17(25-19(14)28-4)29-9-15(20)21/h5-8,11,15H,9H2,1-4H3,(H,23,27)(H,22,24,26). The molecule has 8 nitrogen and oxygen atoms in total. The number of methoxy groups -OCH3 is 1. The summed E-state index contributed by atoms with van der Waals surface area (Å²) in [7, 11) is 1.31. The lowest BCUT2D eigenvalue weighted by molar-refractivity contribution is -0.114. The summed E-state index contributed by atoms with van der Waals surface area (Å²) in [6.45, 7) is 4.11. The molecule has 2 heterocycles. The molecule has 0 saturated heterocycles. The van der Waals surface area contributed by atoms with Gasteiger partial charge in [0.25, 0.3) is 12.3 Å². The first-order chi connectivity index (χ1) is 13.7. The highest BCUT2D eigenvalue weighted by atomic mass is 19.3. The first-order valence-electron chi connectivity index (χ1n) is 8.72. The summed E-state index contributed by atoms with van der Waals surface area (Å²) in [5.74, 6) is -0.468. The number of nitrogens with zero attached hydrogens (tertiary/aromatic N) is 2. The maximum absolute atomic E-state index is 12.7. The van der Waals surface area contributed by atoms with Crippen LogP contribution in [0.3, 0.4) is 0 Å². The first-order valence-corrected chi connectivity index (χ1v) is 8.72. The number of nitrogens with one attached hydrogen (secondary N) is 2. The summed E-state index contributed by atoms with van der Waals surface area (Å²) in [5.41, 5.74) is 1.53. The van der Waals surface area contributed by atoms with Crippen LogP contribution in [0.4, 0.5) is 14.6 Å². The summed E-state index contributed by atoms with van der Waals surface area (Å²) in [4.78, 5) is 32.1. The molecular weight excluding hydrogens is 386 g/mol. The highest BCUT2D eigenvalue weighted by Crippen LogP contribution is 2.23. The van der Waals surface area contributed by atoms with Crippen molar-refractivity contribution in [1.29, 1.82) is 0 Å². The number of hydrogen-bond donors (Lipinski definition) is 2. The Morgan fingerprint density at radius 1 is 1.21 bits per heavy atom.